The molecule has 254 valence electrons. The highest BCUT2D eigenvalue weighted by Gasteiger charge is 1.99. The minimum atomic E-state index is 0.691. The van der Waals surface area contributed by atoms with Gasteiger partial charge in [0.2, 0.25) is 0 Å². The SMILES string of the molecule is CC(C)Cc1ccccc1.CC(C)Cc1ccco1.CC(C)Cc1cccs1.CC(C)Cc1ccoc1.CC(C)Cc1ccsc1. The van der Waals surface area contributed by atoms with Crippen LogP contribution in [0.25, 0.3) is 0 Å². The first kappa shape index (κ1) is 41.2. The summed E-state index contributed by atoms with van der Waals surface area (Å²) in [5.74, 6) is 4.86. The van der Waals surface area contributed by atoms with E-state index in [4.69, 9.17) is 8.83 Å². The average molecular weight is 663 g/mol. The third-order valence-corrected chi connectivity index (χ3v) is 7.94. The molecular weight excluding hydrogens is 601 g/mol. The van der Waals surface area contributed by atoms with Gasteiger partial charge in [-0.05, 0) is 118 Å². The van der Waals surface area contributed by atoms with E-state index in [1.54, 1.807) is 30.1 Å². The summed E-state index contributed by atoms with van der Waals surface area (Å²) in [7, 11) is 0. The number of rotatable bonds is 10. The molecule has 0 atom stereocenters. The maximum Gasteiger partial charge on any atom is 0.104 e. The minimum Gasteiger partial charge on any atom is -0.472 e. The molecule has 2 nitrogen and oxygen atoms in total. The lowest BCUT2D eigenvalue weighted by atomic mass is 10.0. The molecule has 1 aromatic carbocycles. The topological polar surface area (TPSA) is 26.3 Å². The van der Waals surface area contributed by atoms with Crippen molar-refractivity contribution in [2.24, 2.45) is 29.6 Å². The van der Waals surface area contributed by atoms with E-state index in [1.807, 2.05) is 29.5 Å². The Morgan fingerprint density at radius 2 is 1.11 bits per heavy atom. The predicted molar refractivity (Wildman–Crippen MR) is 205 cm³/mol. The first-order chi connectivity index (χ1) is 21.9. The molecule has 5 rings (SSSR count). The number of hydrogen-bond donors (Lipinski definition) is 0. The molecule has 0 saturated heterocycles. The molecule has 46 heavy (non-hydrogen) atoms. The molecule has 0 radical (unpaired) electrons. The molecule has 0 N–H and O–H groups in total. The second kappa shape index (κ2) is 25.3. The van der Waals surface area contributed by atoms with Gasteiger partial charge in [0, 0.05) is 11.3 Å². The van der Waals surface area contributed by atoms with Gasteiger partial charge in [-0.15, -0.1) is 11.3 Å². The summed E-state index contributed by atoms with van der Waals surface area (Å²) in [6.45, 7) is 22.2. The Labute approximate surface area is 290 Å². The lowest BCUT2D eigenvalue weighted by molar-refractivity contribution is 0.472. The Balaban J connectivity index is 0.000000288. The second-order valence-electron chi connectivity index (χ2n) is 13.9. The fourth-order valence-electron chi connectivity index (χ4n) is 4.51. The molecule has 0 aliphatic rings. The van der Waals surface area contributed by atoms with Crippen molar-refractivity contribution in [1.82, 2.24) is 0 Å². The normalized spacial score (nSPS) is 10.5. The van der Waals surface area contributed by atoms with Gasteiger partial charge in [-0.1, -0.05) is 106 Å². The number of thiophene rings is 2. The van der Waals surface area contributed by atoms with Gasteiger partial charge in [0.1, 0.15) is 5.76 Å². The predicted octanol–water partition coefficient (Wildman–Crippen LogP) is 13.7. The van der Waals surface area contributed by atoms with Gasteiger partial charge in [-0.3, -0.25) is 0 Å². The largest absolute Gasteiger partial charge is 0.472 e. The maximum absolute atomic E-state index is 5.14. The summed E-state index contributed by atoms with van der Waals surface area (Å²) < 4.78 is 10.1. The Morgan fingerprint density at radius 3 is 1.57 bits per heavy atom. The van der Waals surface area contributed by atoms with Crippen molar-refractivity contribution in [3.8, 4) is 0 Å². The molecule has 0 aliphatic heterocycles. The number of furan rings is 2. The lowest BCUT2D eigenvalue weighted by Crippen LogP contribution is -1.92. The summed E-state index contributed by atoms with van der Waals surface area (Å²) in [6.07, 6.45) is 11.1. The number of benzene rings is 1. The van der Waals surface area contributed by atoms with Crippen LogP contribution in [0.4, 0.5) is 0 Å². The fraction of sp³-hybridized carbons (Fsp3) is 0.476. The summed E-state index contributed by atoms with van der Waals surface area (Å²) in [4.78, 5) is 1.50. The highest BCUT2D eigenvalue weighted by molar-refractivity contribution is 7.09. The van der Waals surface area contributed by atoms with Crippen LogP contribution in [0.1, 0.15) is 96.6 Å². The molecule has 0 amide bonds. The Hall–Kier alpha value is -2.82. The van der Waals surface area contributed by atoms with Crippen LogP contribution in [-0.2, 0) is 32.1 Å². The zero-order chi connectivity index (χ0) is 34.2. The molecule has 0 saturated carbocycles. The molecular formula is C42H62O2S2. The van der Waals surface area contributed by atoms with E-state index in [0.717, 1.165) is 42.3 Å². The zero-order valence-electron chi connectivity index (χ0n) is 30.4. The van der Waals surface area contributed by atoms with E-state index < -0.39 is 0 Å². The van der Waals surface area contributed by atoms with E-state index in [0.29, 0.717) is 5.92 Å². The van der Waals surface area contributed by atoms with E-state index in [1.165, 1.54) is 40.8 Å². The van der Waals surface area contributed by atoms with Crippen LogP contribution in [0.2, 0.25) is 0 Å². The number of hydrogen-bond acceptors (Lipinski definition) is 4. The maximum atomic E-state index is 5.14. The molecule has 4 aromatic heterocycles. The third kappa shape index (κ3) is 23.5. The third-order valence-electron chi connectivity index (χ3n) is 6.31. The molecule has 5 aromatic rings. The highest BCUT2D eigenvalue weighted by Crippen LogP contribution is 2.13. The van der Waals surface area contributed by atoms with E-state index in [9.17, 15) is 0 Å². The Bertz CT molecular complexity index is 1100. The summed E-state index contributed by atoms with van der Waals surface area (Å²) in [5, 5.41) is 6.50. The van der Waals surface area contributed by atoms with Crippen LogP contribution in [0.5, 0.6) is 0 Å². The van der Waals surface area contributed by atoms with Gasteiger partial charge >= 0.3 is 0 Å². The van der Waals surface area contributed by atoms with E-state index in [-0.39, 0.29) is 0 Å². The van der Waals surface area contributed by atoms with Crippen molar-refractivity contribution >= 4 is 22.7 Å². The van der Waals surface area contributed by atoms with Gasteiger partial charge in [0.15, 0.2) is 0 Å². The van der Waals surface area contributed by atoms with Gasteiger partial charge < -0.3 is 8.83 Å². The second-order valence-corrected chi connectivity index (χ2v) is 15.7. The fourth-order valence-corrected chi connectivity index (χ4v) is 6.11. The lowest BCUT2D eigenvalue weighted by Gasteiger charge is -2.02. The molecule has 4 heterocycles. The minimum absolute atomic E-state index is 0.691. The first-order valence-electron chi connectivity index (χ1n) is 17.0. The van der Waals surface area contributed by atoms with Crippen LogP contribution in [-0.4, -0.2) is 0 Å². The van der Waals surface area contributed by atoms with Crippen molar-refractivity contribution < 1.29 is 8.83 Å². The van der Waals surface area contributed by atoms with E-state index >= 15 is 0 Å². The van der Waals surface area contributed by atoms with Crippen LogP contribution < -0.4 is 0 Å². The highest BCUT2D eigenvalue weighted by atomic mass is 32.1. The van der Waals surface area contributed by atoms with E-state index in [2.05, 4.69) is 134 Å². The molecule has 0 fully saturated rings. The van der Waals surface area contributed by atoms with Gasteiger partial charge in [0.05, 0.1) is 18.8 Å². The Kier molecular flexibility index (Phi) is 22.7. The van der Waals surface area contributed by atoms with Gasteiger partial charge in [-0.2, -0.15) is 11.3 Å². The summed E-state index contributed by atoms with van der Waals surface area (Å²) in [5.41, 5.74) is 4.22. The summed E-state index contributed by atoms with van der Waals surface area (Å²) >= 11 is 3.63. The zero-order valence-corrected chi connectivity index (χ0v) is 32.0. The van der Waals surface area contributed by atoms with Crippen LogP contribution >= 0.6 is 22.7 Å². The van der Waals surface area contributed by atoms with Crippen LogP contribution in [0, 0.1) is 29.6 Å². The van der Waals surface area contributed by atoms with Crippen molar-refractivity contribution in [3.63, 3.8) is 0 Å². The monoisotopic (exact) mass is 662 g/mol. The molecule has 0 unspecified atom stereocenters. The van der Waals surface area contributed by atoms with Crippen LogP contribution in [0.15, 0.2) is 110 Å². The average Bonchev–Trinajstić information content (AvgIpc) is 3.80. The molecule has 0 aliphatic carbocycles. The van der Waals surface area contributed by atoms with Crippen molar-refractivity contribution in [1.29, 1.82) is 0 Å². The van der Waals surface area contributed by atoms with Crippen molar-refractivity contribution in [2.45, 2.75) is 101 Å². The quantitative estimate of drug-likeness (QED) is 0.149. The molecule has 4 heteroatoms. The van der Waals surface area contributed by atoms with Gasteiger partial charge in [-0.25, -0.2) is 0 Å². The smallest absolute Gasteiger partial charge is 0.104 e. The first-order valence-corrected chi connectivity index (χ1v) is 18.9. The van der Waals surface area contributed by atoms with Gasteiger partial charge in [0.25, 0.3) is 0 Å². The molecule has 0 spiro atoms. The molecule has 0 bridgehead atoms. The standard InChI is InChI=1S/C10H14.2C8H12O.2C8H12S/c1-9(2)8-10-6-4-3-5-7-10;1-7(2)5-8-3-4-9-6-8;1-7(2)6-8-4-3-5-9-8;1-7(2)5-8-3-4-9-6-8;1-7(2)6-8-4-3-5-9-8/h3-7,9H,8H2,1-2H3;3-4,6-7H,5H2,1-2H3;3-5,7H,6H2,1-2H3;3-4,6-7H,5H2,1-2H3;3-5,7H,6H2,1-2H3. The Morgan fingerprint density at radius 1 is 0.500 bits per heavy atom. The van der Waals surface area contributed by atoms with Crippen molar-refractivity contribution in [3.05, 3.63) is 129 Å². The van der Waals surface area contributed by atoms with Crippen LogP contribution in [0.3, 0.4) is 0 Å². The van der Waals surface area contributed by atoms with Crippen molar-refractivity contribution in [2.75, 3.05) is 0 Å². The summed E-state index contributed by atoms with van der Waals surface area (Å²) in [6, 6.07) is 23.1.